The van der Waals surface area contributed by atoms with E-state index >= 15 is 0 Å². The lowest BCUT2D eigenvalue weighted by Crippen LogP contribution is -2.04. The van der Waals surface area contributed by atoms with Crippen molar-refractivity contribution < 1.29 is 4.74 Å². The molecule has 0 spiro atoms. The molecule has 0 saturated carbocycles. The Morgan fingerprint density at radius 3 is 2.67 bits per heavy atom. The van der Waals surface area contributed by atoms with Gasteiger partial charge in [0.15, 0.2) is 0 Å². The van der Waals surface area contributed by atoms with Gasteiger partial charge in [-0.2, -0.15) is 0 Å². The monoisotopic (exact) mass is 265 g/mol. The summed E-state index contributed by atoms with van der Waals surface area (Å²) in [5.41, 5.74) is 8.39. The van der Waals surface area contributed by atoms with E-state index in [1.54, 1.807) is 11.7 Å². The Labute approximate surface area is 111 Å². The maximum Gasteiger partial charge on any atom is 0.136 e. The fourth-order valence-corrected chi connectivity index (χ4v) is 2.16. The largest absolute Gasteiger partial charge is 0.496 e. The van der Waals surface area contributed by atoms with Crippen molar-refractivity contribution in [2.45, 2.75) is 13.5 Å². The van der Waals surface area contributed by atoms with Crippen LogP contribution in [0.5, 0.6) is 5.75 Å². The average molecular weight is 266 g/mol. The smallest absolute Gasteiger partial charge is 0.136 e. The highest BCUT2D eigenvalue weighted by molar-refractivity contribution is 6.32. The molecule has 96 valence electrons. The number of nitrogens with zero attached hydrogens (tertiary/aromatic N) is 2. The van der Waals surface area contributed by atoms with Crippen LogP contribution in [0, 0.1) is 6.92 Å². The van der Waals surface area contributed by atoms with Crippen molar-refractivity contribution in [2.75, 3.05) is 7.11 Å². The number of imidazole rings is 1. The molecule has 0 bridgehead atoms. The number of hydrogen-bond acceptors (Lipinski definition) is 3. The maximum atomic E-state index is 6.27. The van der Waals surface area contributed by atoms with Gasteiger partial charge in [0.05, 0.1) is 13.7 Å². The molecule has 2 aromatic rings. The predicted molar refractivity (Wildman–Crippen MR) is 72.8 cm³/mol. The second-order valence-electron chi connectivity index (χ2n) is 4.11. The number of rotatable bonds is 3. The molecule has 0 aliphatic heterocycles. The lowest BCUT2D eigenvalue weighted by Gasteiger charge is -2.06. The molecule has 0 unspecified atom stereocenters. The van der Waals surface area contributed by atoms with Crippen LogP contribution in [0.15, 0.2) is 18.2 Å². The minimum Gasteiger partial charge on any atom is -0.496 e. The molecule has 0 fully saturated rings. The molecule has 1 aromatic carbocycles. The second kappa shape index (κ2) is 5.00. The predicted octanol–water partition coefficient (Wildman–Crippen LogP) is 2.52. The third-order valence-corrected chi connectivity index (χ3v) is 3.40. The summed E-state index contributed by atoms with van der Waals surface area (Å²) in [6.07, 6.45) is 0. The fourth-order valence-electron chi connectivity index (χ4n) is 1.91. The Balaban J connectivity index is 2.52. The number of aromatic nitrogens is 2. The first-order chi connectivity index (χ1) is 8.58. The van der Waals surface area contributed by atoms with Crippen LogP contribution in [0.2, 0.25) is 5.15 Å². The van der Waals surface area contributed by atoms with Crippen molar-refractivity contribution in [2.24, 2.45) is 12.8 Å². The molecule has 1 aromatic heterocycles. The van der Waals surface area contributed by atoms with Crippen molar-refractivity contribution in [3.05, 3.63) is 34.7 Å². The van der Waals surface area contributed by atoms with Gasteiger partial charge in [0.1, 0.15) is 22.4 Å². The molecule has 2 rings (SSSR count). The molecule has 0 amide bonds. The van der Waals surface area contributed by atoms with Crippen LogP contribution in [0.25, 0.3) is 11.3 Å². The Bertz CT molecular complexity index is 578. The van der Waals surface area contributed by atoms with Gasteiger partial charge in [-0.25, -0.2) is 4.98 Å². The topological polar surface area (TPSA) is 53.1 Å². The highest BCUT2D eigenvalue weighted by Crippen LogP contribution is 2.30. The molecule has 1 heterocycles. The highest BCUT2D eigenvalue weighted by atomic mass is 35.5. The van der Waals surface area contributed by atoms with Crippen LogP contribution in [0.3, 0.4) is 0 Å². The Hall–Kier alpha value is -1.52. The SMILES string of the molecule is COc1ccc(-c2nc(CN)n(C)c2Cl)cc1C. The second-order valence-corrected chi connectivity index (χ2v) is 4.47. The van der Waals surface area contributed by atoms with Gasteiger partial charge in [-0.15, -0.1) is 0 Å². The fraction of sp³-hybridized carbons (Fsp3) is 0.308. The minimum absolute atomic E-state index is 0.366. The van der Waals surface area contributed by atoms with Crippen molar-refractivity contribution in [3.8, 4) is 17.0 Å². The Morgan fingerprint density at radius 2 is 2.17 bits per heavy atom. The van der Waals surface area contributed by atoms with Crippen LogP contribution in [-0.4, -0.2) is 16.7 Å². The molecule has 18 heavy (non-hydrogen) atoms. The summed E-state index contributed by atoms with van der Waals surface area (Å²) in [5.74, 6) is 1.62. The zero-order chi connectivity index (χ0) is 13.3. The number of hydrogen-bond donors (Lipinski definition) is 1. The summed E-state index contributed by atoms with van der Waals surface area (Å²) < 4.78 is 7.04. The summed E-state index contributed by atoms with van der Waals surface area (Å²) in [6, 6.07) is 5.87. The van der Waals surface area contributed by atoms with E-state index in [1.807, 2.05) is 32.2 Å². The van der Waals surface area contributed by atoms with Gasteiger partial charge in [0.2, 0.25) is 0 Å². The minimum atomic E-state index is 0.366. The molecular weight excluding hydrogens is 250 g/mol. The molecule has 5 heteroatoms. The summed E-state index contributed by atoms with van der Waals surface area (Å²) in [5, 5.41) is 0.597. The number of halogens is 1. The lowest BCUT2D eigenvalue weighted by molar-refractivity contribution is 0.412. The Kier molecular flexibility index (Phi) is 3.59. The van der Waals surface area contributed by atoms with Gasteiger partial charge in [0.25, 0.3) is 0 Å². The normalized spacial score (nSPS) is 10.7. The zero-order valence-corrected chi connectivity index (χ0v) is 11.5. The number of benzene rings is 1. The standard InChI is InChI=1S/C13H16ClN3O/c1-8-6-9(4-5-10(8)18-3)12-13(14)17(2)11(7-15)16-12/h4-6H,7,15H2,1-3H3. The van der Waals surface area contributed by atoms with E-state index in [0.717, 1.165) is 28.4 Å². The van der Waals surface area contributed by atoms with Crippen molar-refractivity contribution >= 4 is 11.6 Å². The average Bonchev–Trinajstić information content (AvgIpc) is 2.66. The number of methoxy groups -OCH3 is 1. The number of ether oxygens (including phenoxy) is 1. The molecular formula is C13H16ClN3O. The van der Waals surface area contributed by atoms with Crippen LogP contribution in [0.4, 0.5) is 0 Å². The van der Waals surface area contributed by atoms with E-state index in [0.29, 0.717) is 11.7 Å². The van der Waals surface area contributed by atoms with Crippen LogP contribution in [0.1, 0.15) is 11.4 Å². The van der Waals surface area contributed by atoms with E-state index in [-0.39, 0.29) is 0 Å². The van der Waals surface area contributed by atoms with Crippen molar-refractivity contribution in [1.82, 2.24) is 9.55 Å². The van der Waals surface area contributed by atoms with E-state index in [1.165, 1.54) is 0 Å². The maximum absolute atomic E-state index is 6.27. The lowest BCUT2D eigenvalue weighted by atomic mass is 10.1. The van der Waals surface area contributed by atoms with Gasteiger partial charge < -0.3 is 15.0 Å². The summed E-state index contributed by atoms with van der Waals surface area (Å²) >= 11 is 6.27. The quantitative estimate of drug-likeness (QED) is 0.928. The third kappa shape index (κ3) is 2.09. The van der Waals surface area contributed by atoms with Gasteiger partial charge in [0, 0.05) is 12.6 Å². The first-order valence-electron chi connectivity index (χ1n) is 5.64. The van der Waals surface area contributed by atoms with E-state index in [2.05, 4.69) is 4.98 Å². The van der Waals surface area contributed by atoms with Gasteiger partial charge >= 0.3 is 0 Å². The van der Waals surface area contributed by atoms with Gasteiger partial charge in [-0.3, -0.25) is 0 Å². The zero-order valence-electron chi connectivity index (χ0n) is 10.7. The van der Waals surface area contributed by atoms with E-state index < -0.39 is 0 Å². The van der Waals surface area contributed by atoms with Gasteiger partial charge in [-0.05, 0) is 30.7 Å². The van der Waals surface area contributed by atoms with Crippen LogP contribution < -0.4 is 10.5 Å². The molecule has 4 nitrogen and oxygen atoms in total. The van der Waals surface area contributed by atoms with Crippen LogP contribution >= 0.6 is 11.6 Å². The number of aryl methyl sites for hydroxylation is 1. The molecule has 0 aliphatic carbocycles. The molecule has 0 saturated heterocycles. The molecule has 0 aliphatic rings. The summed E-state index contributed by atoms with van der Waals surface area (Å²) in [6.45, 7) is 2.36. The third-order valence-electron chi connectivity index (χ3n) is 2.97. The molecule has 0 radical (unpaired) electrons. The number of nitrogens with two attached hydrogens (primary N) is 1. The van der Waals surface area contributed by atoms with E-state index in [4.69, 9.17) is 22.1 Å². The first-order valence-corrected chi connectivity index (χ1v) is 6.02. The van der Waals surface area contributed by atoms with Crippen molar-refractivity contribution in [1.29, 1.82) is 0 Å². The molecule has 2 N–H and O–H groups in total. The molecule has 0 atom stereocenters. The van der Waals surface area contributed by atoms with Crippen LogP contribution in [-0.2, 0) is 13.6 Å². The first kappa shape index (κ1) is 12.9. The van der Waals surface area contributed by atoms with Gasteiger partial charge in [-0.1, -0.05) is 11.6 Å². The summed E-state index contributed by atoms with van der Waals surface area (Å²) in [7, 11) is 3.51. The highest BCUT2D eigenvalue weighted by Gasteiger charge is 2.14. The van der Waals surface area contributed by atoms with E-state index in [9.17, 15) is 0 Å². The van der Waals surface area contributed by atoms with Crippen molar-refractivity contribution in [3.63, 3.8) is 0 Å². The Morgan fingerprint density at radius 1 is 1.44 bits per heavy atom. The summed E-state index contributed by atoms with van der Waals surface area (Å²) in [4.78, 5) is 4.46.